The molecule has 160 valence electrons. The first-order valence-corrected chi connectivity index (χ1v) is 10.8. The number of rotatable bonds is 4. The monoisotopic (exact) mass is 443 g/mol. The number of nitrogens with one attached hydrogen (secondary N) is 1. The lowest BCUT2D eigenvalue weighted by Gasteiger charge is -2.28. The molecule has 2 atom stereocenters. The van der Waals surface area contributed by atoms with E-state index in [-0.39, 0.29) is 17.9 Å². The first-order chi connectivity index (χ1) is 15.6. The van der Waals surface area contributed by atoms with E-state index in [0.29, 0.717) is 10.8 Å². The molecule has 1 saturated heterocycles. The van der Waals surface area contributed by atoms with Gasteiger partial charge >= 0.3 is 0 Å². The zero-order valence-corrected chi connectivity index (χ0v) is 18.6. The second-order valence-electron chi connectivity index (χ2n) is 7.80. The number of hydrogen-bond acceptors (Lipinski definition) is 3. The molecule has 32 heavy (non-hydrogen) atoms. The van der Waals surface area contributed by atoms with Crippen molar-refractivity contribution in [3.05, 3.63) is 108 Å². The first kappa shape index (κ1) is 20.3. The van der Waals surface area contributed by atoms with E-state index >= 15 is 0 Å². The molecule has 0 amide bonds. The predicted molar refractivity (Wildman–Crippen MR) is 127 cm³/mol. The van der Waals surface area contributed by atoms with E-state index in [2.05, 4.69) is 39.8 Å². The molecule has 0 bridgehead atoms. The number of benzene rings is 1. The van der Waals surface area contributed by atoms with Gasteiger partial charge in [0, 0.05) is 23.8 Å². The lowest BCUT2D eigenvalue weighted by Crippen LogP contribution is -2.30. The Balaban J connectivity index is 1.70. The van der Waals surface area contributed by atoms with Crippen LogP contribution >= 0.6 is 12.2 Å². The maximum absolute atomic E-state index is 14.9. The van der Waals surface area contributed by atoms with Crippen LogP contribution in [0.15, 0.2) is 79.1 Å². The van der Waals surface area contributed by atoms with E-state index in [0.717, 1.165) is 28.5 Å². The summed E-state index contributed by atoms with van der Waals surface area (Å²) >= 11 is 5.71. The van der Waals surface area contributed by atoms with Crippen LogP contribution in [0.5, 0.6) is 0 Å². The number of halogens is 1. The summed E-state index contributed by atoms with van der Waals surface area (Å²) in [5.41, 5.74) is 4.40. The van der Waals surface area contributed by atoms with Gasteiger partial charge in [-0.15, -0.1) is 0 Å². The zero-order valence-electron chi connectivity index (χ0n) is 17.7. The van der Waals surface area contributed by atoms with Crippen LogP contribution < -0.4 is 10.2 Å². The molecule has 7 heteroatoms. The van der Waals surface area contributed by atoms with Gasteiger partial charge in [0.2, 0.25) is 0 Å². The van der Waals surface area contributed by atoms with Gasteiger partial charge in [-0.3, -0.25) is 4.98 Å². The van der Waals surface area contributed by atoms with Gasteiger partial charge in [-0.2, -0.15) is 0 Å². The van der Waals surface area contributed by atoms with Crippen LogP contribution in [0, 0.1) is 19.7 Å². The fourth-order valence-corrected chi connectivity index (χ4v) is 4.84. The Kier molecular flexibility index (Phi) is 5.19. The topological polar surface area (TPSA) is 46.0 Å². The largest absolute Gasteiger partial charge is 0.351 e. The molecular weight excluding hydrogens is 421 g/mol. The highest BCUT2D eigenvalue weighted by molar-refractivity contribution is 7.80. The van der Waals surface area contributed by atoms with Crippen LogP contribution in [0.3, 0.4) is 0 Å². The molecule has 1 fully saturated rings. The predicted octanol–water partition coefficient (Wildman–Crippen LogP) is 5.20. The van der Waals surface area contributed by atoms with Crippen molar-refractivity contribution in [3.63, 3.8) is 0 Å². The van der Waals surface area contributed by atoms with Gasteiger partial charge in [-0.1, -0.05) is 24.3 Å². The third-order valence-corrected chi connectivity index (χ3v) is 6.19. The van der Waals surface area contributed by atoms with Crippen molar-refractivity contribution in [3.8, 4) is 5.82 Å². The molecule has 0 saturated carbocycles. The fourth-order valence-electron chi connectivity index (χ4n) is 4.50. The Labute approximate surface area is 191 Å². The quantitative estimate of drug-likeness (QED) is 0.439. The Morgan fingerprint density at radius 2 is 1.66 bits per heavy atom. The molecule has 4 aromatic rings. The minimum atomic E-state index is -0.318. The van der Waals surface area contributed by atoms with Crippen molar-refractivity contribution < 1.29 is 4.39 Å². The van der Waals surface area contributed by atoms with Gasteiger partial charge in [-0.05, 0) is 74.1 Å². The molecule has 1 aliphatic rings. The minimum Gasteiger partial charge on any atom is -0.351 e. The van der Waals surface area contributed by atoms with Crippen LogP contribution in [-0.4, -0.2) is 19.6 Å². The highest BCUT2D eigenvalue weighted by atomic mass is 32.1. The molecule has 0 radical (unpaired) electrons. The minimum absolute atomic E-state index is 0.235. The second kappa shape index (κ2) is 8.16. The number of aromatic nitrogens is 3. The SMILES string of the molecule is Cc1cc([C@@H]2[C@H](c3ccccn3)NC(=S)N2c2ccccc2F)c(C)n1-c1ccccn1. The summed E-state index contributed by atoms with van der Waals surface area (Å²) in [6, 6.07) is 20.0. The maximum Gasteiger partial charge on any atom is 0.174 e. The van der Waals surface area contributed by atoms with Crippen LogP contribution in [-0.2, 0) is 0 Å². The number of pyridine rings is 2. The van der Waals surface area contributed by atoms with Crippen molar-refractivity contribution in [1.29, 1.82) is 0 Å². The molecule has 4 heterocycles. The van der Waals surface area contributed by atoms with Crippen LogP contribution in [0.25, 0.3) is 5.82 Å². The fraction of sp³-hybridized carbons (Fsp3) is 0.160. The molecule has 1 aromatic carbocycles. The van der Waals surface area contributed by atoms with Gasteiger partial charge < -0.3 is 14.8 Å². The van der Waals surface area contributed by atoms with Gasteiger partial charge in [0.15, 0.2) is 5.11 Å². The number of hydrogen-bond donors (Lipinski definition) is 1. The van der Waals surface area contributed by atoms with Crippen LogP contribution in [0.1, 0.15) is 34.7 Å². The third kappa shape index (κ3) is 3.35. The highest BCUT2D eigenvalue weighted by Gasteiger charge is 2.43. The molecule has 5 nitrogen and oxygen atoms in total. The van der Waals surface area contributed by atoms with Crippen molar-refractivity contribution in [2.24, 2.45) is 0 Å². The summed E-state index contributed by atoms with van der Waals surface area (Å²) in [6.07, 6.45) is 3.54. The summed E-state index contributed by atoms with van der Waals surface area (Å²) < 4.78 is 17.0. The first-order valence-electron chi connectivity index (χ1n) is 10.4. The standard InChI is InChI=1S/C25H22FN5S/c1-16-15-18(17(2)30(16)22-12-6-8-14-28-22)24-23(20-10-5-7-13-27-20)29-25(32)31(24)21-11-4-3-9-19(21)26/h3-15,23-24H,1-2H3,(H,29,32)/t23-,24+/m0/s1. The zero-order chi connectivity index (χ0) is 22.2. The van der Waals surface area contributed by atoms with Gasteiger partial charge in [0.1, 0.15) is 11.6 Å². The Morgan fingerprint density at radius 3 is 2.34 bits per heavy atom. The molecule has 3 aromatic heterocycles. The number of aryl methyl sites for hydroxylation is 1. The Morgan fingerprint density at radius 1 is 0.938 bits per heavy atom. The summed E-state index contributed by atoms with van der Waals surface area (Å²) in [6.45, 7) is 4.11. The lowest BCUT2D eigenvalue weighted by atomic mass is 9.96. The van der Waals surface area contributed by atoms with E-state index in [1.807, 2.05) is 47.4 Å². The average molecular weight is 444 g/mol. The number of nitrogens with zero attached hydrogens (tertiary/aromatic N) is 4. The van der Waals surface area contributed by atoms with Crippen molar-refractivity contribution in [2.75, 3.05) is 4.90 Å². The highest BCUT2D eigenvalue weighted by Crippen LogP contribution is 2.44. The molecule has 0 unspecified atom stereocenters. The van der Waals surface area contributed by atoms with E-state index in [1.54, 1.807) is 24.5 Å². The molecule has 0 spiro atoms. The van der Waals surface area contributed by atoms with E-state index < -0.39 is 0 Å². The summed E-state index contributed by atoms with van der Waals surface area (Å²) in [7, 11) is 0. The van der Waals surface area contributed by atoms with E-state index in [1.165, 1.54) is 6.07 Å². The Bertz CT molecular complexity index is 1270. The van der Waals surface area contributed by atoms with Gasteiger partial charge in [-0.25, -0.2) is 9.37 Å². The summed E-state index contributed by atoms with van der Waals surface area (Å²) in [5.74, 6) is 0.524. The second-order valence-corrected chi connectivity index (χ2v) is 8.18. The van der Waals surface area contributed by atoms with Crippen molar-refractivity contribution in [1.82, 2.24) is 19.9 Å². The number of anilines is 1. The average Bonchev–Trinajstić information content (AvgIpc) is 3.30. The summed E-state index contributed by atoms with van der Waals surface area (Å²) in [5, 5.41) is 3.86. The summed E-state index contributed by atoms with van der Waals surface area (Å²) in [4.78, 5) is 11.0. The Hall–Kier alpha value is -3.58. The smallest absolute Gasteiger partial charge is 0.174 e. The van der Waals surface area contributed by atoms with Crippen molar-refractivity contribution in [2.45, 2.75) is 25.9 Å². The maximum atomic E-state index is 14.9. The third-order valence-electron chi connectivity index (χ3n) is 5.88. The van der Waals surface area contributed by atoms with Crippen LogP contribution in [0.4, 0.5) is 10.1 Å². The molecule has 0 aliphatic carbocycles. The molecule has 1 aliphatic heterocycles. The molecule has 1 N–H and O–H groups in total. The van der Waals surface area contributed by atoms with E-state index in [4.69, 9.17) is 12.2 Å². The van der Waals surface area contributed by atoms with Crippen molar-refractivity contribution >= 4 is 23.0 Å². The van der Waals surface area contributed by atoms with Crippen LogP contribution in [0.2, 0.25) is 0 Å². The van der Waals surface area contributed by atoms with E-state index in [9.17, 15) is 4.39 Å². The molecular formula is C25H22FN5S. The van der Waals surface area contributed by atoms with Gasteiger partial charge in [0.25, 0.3) is 0 Å². The lowest BCUT2D eigenvalue weighted by molar-refractivity contribution is 0.556. The number of para-hydroxylation sites is 1. The van der Waals surface area contributed by atoms with Gasteiger partial charge in [0.05, 0.1) is 23.5 Å². The number of thiocarbonyl (C=S) groups is 1. The normalized spacial score (nSPS) is 18.1. The molecule has 5 rings (SSSR count).